The Hall–Kier alpha value is -2.89. The van der Waals surface area contributed by atoms with Gasteiger partial charge in [-0.1, -0.05) is 12.6 Å². The Kier molecular flexibility index (Phi) is 5.21. The highest BCUT2D eigenvalue weighted by molar-refractivity contribution is 6.01. The summed E-state index contributed by atoms with van der Waals surface area (Å²) in [7, 11) is 0. The van der Waals surface area contributed by atoms with E-state index >= 15 is 0 Å². The van der Waals surface area contributed by atoms with Crippen molar-refractivity contribution in [2.24, 2.45) is 5.92 Å². The monoisotopic (exact) mass is 352 g/mol. The topological polar surface area (TPSA) is 67.2 Å². The SMILES string of the molecule is C=CC(=O)N(Cc1ccnn1CC1CC1)c1ccc(C)c(NC(C)=O)c1. The average molecular weight is 352 g/mol. The predicted molar refractivity (Wildman–Crippen MR) is 102 cm³/mol. The van der Waals surface area contributed by atoms with Crippen LogP contribution in [-0.2, 0) is 22.7 Å². The molecule has 0 saturated heterocycles. The minimum absolute atomic E-state index is 0.144. The Morgan fingerprint density at radius 1 is 1.38 bits per heavy atom. The van der Waals surface area contributed by atoms with E-state index in [1.54, 1.807) is 11.1 Å². The van der Waals surface area contributed by atoms with Gasteiger partial charge in [0.25, 0.3) is 5.91 Å². The third-order valence-corrected chi connectivity index (χ3v) is 4.54. The number of nitrogens with zero attached hydrogens (tertiary/aromatic N) is 3. The lowest BCUT2D eigenvalue weighted by Gasteiger charge is -2.23. The predicted octanol–water partition coefficient (Wildman–Crippen LogP) is 3.28. The van der Waals surface area contributed by atoms with Gasteiger partial charge in [-0.3, -0.25) is 14.3 Å². The van der Waals surface area contributed by atoms with Crippen LogP contribution in [0.3, 0.4) is 0 Å². The summed E-state index contributed by atoms with van der Waals surface area (Å²) in [4.78, 5) is 25.6. The minimum atomic E-state index is -0.193. The molecule has 0 unspecified atom stereocenters. The molecule has 6 nitrogen and oxygen atoms in total. The van der Waals surface area contributed by atoms with Crippen LogP contribution in [0.25, 0.3) is 0 Å². The van der Waals surface area contributed by atoms with Crippen molar-refractivity contribution >= 4 is 23.2 Å². The lowest BCUT2D eigenvalue weighted by atomic mass is 10.1. The number of nitrogens with one attached hydrogen (secondary N) is 1. The molecular weight excluding hydrogens is 328 g/mol. The van der Waals surface area contributed by atoms with Crippen molar-refractivity contribution in [2.45, 2.75) is 39.8 Å². The van der Waals surface area contributed by atoms with Crippen molar-refractivity contribution in [2.75, 3.05) is 10.2 Å². The lowest BCUT2D eigenvalue weighted by Crippen LogP contribution is -2.30. The Morgan fingerprint density at radius 2 is 2.15 bits per heavy atom. The van der Waals surface area contributed by atoms with Crippen LogP contribution in [-0.4, -0.2) is 21.6 Å². The van der Waals surface area contributed by atoms with E-state index in [0.717, 1.165) is 17.8 Å². The van der Waals surface area contributed by atoms with E-state index in [1.165, 1.54) is 25.8 Å². The molecule has 1 aromatic heterocycles. The van der Waals surface area contributed by atoms with Crippen molar-refractivity contribution < 1.29 is 9.59 Å². The number of benzene rings is 1. The highest BCUT2D eigenvalue weighted by atomic mass is 16.2. The quantitative estimate of drug-likeness (QED) is 0.778. The number of aromatic nitrogens is 2. The first-order valence-corrected chi connectivity index (χ1v) is 8.80. The first kappa shape index (κ1) is 17.9. The number of carbonyl (C=O) groups excluding carboxylic acids is 2. The highest BCUT2D eigenvalue weighted by Gasteiger charge is 2.24. The molecule has 1 saturated carbocycles. The van der Waals surface area contributed by atoms with Gasteiger partial charge in [0.2, 0.25) is 5.91 Å². The summed E-state index contributed by atoms with van der Waals surface area (Å²) in [5.41, 5.74) is 3.33. The first-order valence-electron chi connectivity index (χ1n) is 8.80. The molecule has 1 aromatic carbocycles. The Morgan fingerprint density at radius 3 is 2.81 bits per heavy atom. The minimum Gasteiger partial charge on any atom is -0.326 e. The molecule has 1 heterocycles. The molecule has 1 aliphatic rings. The summed E-state index contributed by atoms with van der Waals surface area (Å²) in [6.45, 7) is 8.30. The van der Waals surface area contributed by atoms with E-state index in [-0.39, 0.29) is 11.8 Å². The van der Waals surface area contributed by atoms with Gasteiger partial charge in [0, 0.05) is 31.0 Å². The van der Waals surface area contributed by atoms with Crippen LogP contribution >= 0.6 is 0 Å². The van der Waals surface area contributed by atoms with E-state index in [1.807, 2.05) is 35.9 Å². The molecule has 0 bridgehead atoms. The lowest BCUT2D eigenvalue weighted by molar-refractivity contribution is -0.115. The summed E-state index contributed by atoms with van der Waals surface area (Å²) in [6, 6.07) is 7.53. The van der Waals surface area contributed by atoms with Gasteiger partial charge in [-0.25, -0.2) is 0 Å². The summed E-state index contributed by atoms with van der Waals surface area (Å²) in [6.07, 6.45) is 5.56. The van der Waals surface area contributed by atoms with E-state index in [2.05, 4.69) is 17.0 Å². The number of aryl methyl sites for hydroxylation is 1. The van der Waals surface area contributed by atoms with Gasteiger partial charge < -0.3 is 10.2 Å². The molecule has 6 heteroatoms. The van der Waals surface area contributed by atoms with Crippen LogP contribution in [0, 0.1) is 12.8 Å². The largest absolute Gasteiger partial charge is 0.326 e. The van der Waals surface area contributed by atoms with Gasteiger partial charge in [0.05, 0.1) is 12.2 Å². The van der Waals surface area contributed by atoms with Gasteiger partial charge in [-0.05, 0) is 55.5 Å². The zero-order chi connectivity index (χ0) is 18.7. The second kappa shape index (κ2) is 7.56. The molecular formula is C20H24N4O2. The fourth-order valence-electron chi connectivity index (χ4n) is 2.87. The van der Waals surface area contributed by atoms with E-state index in [0.29, 0.717) is 23.8 Å². The van der Waals surface area contributed by atoms with E-state index < -0.39 is 0 Å². The number of hydrogen-bond donors (Lipinski definition) is 1. The van der Waals surface area contributed by atoms with Crippen molar-refractivity contribution in [3.05, 3.63) is 54.4 Å². The van der Waals surface area contributed by atoms with E-state index in [4.69, 9.17) is 0 Å². The summed E-state index contributed by atoms with van der Waals surface area (Å²) in [5.74, 6) is 0.360. The molecule has 0 aliphatic heterocycles. The number of carbonyl (C=O) groups is 2. The molecule has 136 valence electrons. The van der Waals surface area contributed by atoms with Crippen LogP contribution in [0.2, 0.25) is 0 Å². The van der Waals surface area contributed by atoms with Gasteiger partial charge in [0.15, 0.2) is 0 Å². The highest BCUT2D eigenvalue weighted by Crippen LogP contribution is 2.31. The molecule has 26 heavy (non-hydrogen) atoms. The van der Waals surface area contributed by atoms with Gasteiger partial charge in [-0.2, -0.15) is 5.10 Å². The molecule has 2 amide bonds. The van der Waals surface area contributed by atoms with Crippen LogP contribution in [0.5, 0.6) is 0 Å². The van der Waals surface area contributed by atoms with Gasteiger partial charge in [0.1, 0.15) is 0 Å². The summed E-state index contributed by atoms with van der Waals surface area (Å²) >= 11 is 0. The molecule has 1 N–H and O–H groups in total. The van der Waals surface area contributed by atoms with Gasteiger partial charge >= 0.3 is 0 Å². The fourth-order valence-corrected chi connectivity index (χ4v) is 2.87. The van der Waals surface area contributed by atoms with Crippen molar-refractivity contribution in [3.8, 4) is 0 Å². The normalized spacial score (nSPS) is 13.3. The summed E-state index contributed by atoms with van der Waals surface area (Å²) < 4.78 is 1.98. The fraction of sp³-hybridized carbons (Fsp3) is 0.350. The van der Waals surface area contributed by atoms with Gasteiger partial charge in [-0.15, -0.1) is 0 Å². The van der Waals surface area contributed by atoms with E-state index in [9.17, 15) is 9.59 Å². The molecule has 1 fully saturated rings. The second-order valence-electron chi connectivity index (χ2n) is 6.76. The molecule has 3 rings (SSSR count). The molecule has 1 aliphatic carbocycles. The van der Waals surface area contributed by atoms with Crippen LogP contribution < -0.4 is 10.2 Å². The third-order valence-electron chi connectivity index (χ3n) is 4.54. The maximum absolute atomic E-state index is 12.5. The van der Waals surface area contributed by atoms with Crippen molar-refractivity contribution in [3.63, 3.8) is 0 Å². The number of rotatable bonds is 7. The Labute approximate surface area is 153 Å². The smallest absolute Gasteiger partial charge is 0.250 e. The van der Waals surface area contributed by atoms with Crippen LogP contribution in [0.15, 0.2) is 43.1 Å². The van der Waals surface area contributed by atoms with Crippen LogP contribution in [0.4, 0.5) is 11.4 Å². The zero-order valence-corrected chi connectivity index (χ0v) is 15.2. The van der Waals surface area contributed by atoms with Crippen LogP contribution in [0.1, 0.15) is 31.0 Å². The Balaban J connectivity index is 1.89. The zero-order valence-electron chi connectivity index (χ0n) is 15.2. The average Bonchev–Trinajstić information content (AvgIpc) is 3.32. The Bertz CT molecular complexity index is 836. The third kappa shape index (κ3) is 4.20. The van der Waals surface area contributed by atoms with Crippen molar-refractivity contribution in [1.82, 2.24) is 9.78 Å². The molecule has 0 spiro atoms. The van der Waals surface area contributed by atoms with Crippen molar-refractivity contribution in [1.29, 1.82) is 0 Å². The maximum atomic E-state index is 12.5. The maximum Gasteiger partial charge on any atom is 0.250 e. The molecule has 0 atom stereocenters. The second-order valence-corrected chi connectivity index (χ2v) is 6.76. The molecule has 0 radical (unpaired) electrons. The standard InChI is InChI=1S/C20H24N4O2/c1-4-20(26)23(13-18-9-10-21-24(18)12-16-6-7-16)17-8-5-14(2)19(11-17)22-15(3)25/h4-5,8-11,16H,1,6-7,12-13H2,2-3H3,(H,22,25). The number of hydrogen-bond acceptors (Lipinski definition) is 3. The molecule has 2 aromatic rings. The number of anilines is 2. The summed E-state index contributed by atoms with van der Waals surface area (Å²) in [5, 5.41) is 7.20. The first-order chi connectivity index (χ1) is 12.5. The number of amides is 2.